The van der Waals surface area contributed by atoms with E-state index in [0.29, 0.717) is 0 Å². The monoisotopic (exact) mass is 137 g/mol. The lowest BCUT2D eigenvalue weighted by Gasteiger charge is -1.84. The van der Waals surface area contributed by atoms with E-state index < -0.39 is 17.3 Å². The lowest BCUT2D eigenvalue weighted by Crippen LogP contribution is -2.14. The van der Waals surface area contributed by atoms with Crippen molar-refractivity contribution in [2.45, 2.75) is 0 Å². The maximum Gasteiger partial charge on any atom is 0.262 e. The van der Waals surface area contributed by atoms with Crippen molar-refractivity contribution in [1.29, 1.82) is 0 Å². The van der Waals surface area contributed by atoms with Crippen LogP contribution < -0.4 is 0 Å². The van der Waals surface area contributed by atoms with E-state index in [1.165, 1.54) is 0 Å². The summed E-state index contributed by atoms with van der Waals surface area (Å²) in [5, 5.41) is 9.49. The van der Waals surface area contributed by atoms with Crippen LogP contribution in [0.15, 0.2) is 0 Å². The average Bonchev–Trinajstić information content (AvgIpc) is 1.65. The van der Waals surface area contributed by atoms with Crippen molar-refractivity contribution >= 4 is 17.4 Å². The number of carbonyl (C=O) groups is 1. The first-order valence-corrected chi connectivity index (χ1v) is 2.39. The van der Waals surface area contributed by atoms with Gasteiger partial charge >= 0.3 is 0 Å². The van der Waals surface area contributed by atoms with Crippen molar-refractivity contribution in [2.24, 2.45) is 0 Å². The van der Waals surface area contributed by atoms with Crippen LogP contribution in [0.25, 0.3) is 0 Å². The largest absolute Gasteiger partial charge is 0.291 e. The molecular weight excluding hydrogens is 133 g/mol. The third kappa shape index (κ3) is 3.55. The zero-order valence-corrected chi connectivity index (χ0v) is 4.72. The smallest absolute Gasteiger partial charge is 0.262 e. The molecule has 0 amide bonds. The van der Waals surface area contributed by atoms with Crippen molar-refractivity contribution in [3.05, 3.63) is 10.1 Å². The molecule has 0 spiro atoms. The first-order valence-electron chi connectivity index (χ1n) is 1.86. The number of ketones is 1. The highest BCUT2D eigenvalue weighted by Gasteiger charge is 2.05. The van der Waals surface area contributed by atoms with Crippen LogP contribution in [0.5, 0.6) is 0 Å². The van der Waals surface area contributed by atoms with E-state index in [4.69, 9.17) is 11.6 Å². The van der Waals surface area contributed by atoms with E-state index in [9.17, 15) is 14.9 Å². The molecule has 0 N–H and O–H groups in total. The Morgan fingerprint density at radius 1 is 1.75 bits per heavy atom. The Hall–Kier alpha value is -0.640. The Bertz CT molecular complexity index is 113. The summed E-state index contributed by atoms with van der Waals surface area (Å²) in [6.45, 7) is -0.663. The lowest BCUT2D eigenvalue weighted by atomic mass is 10.5. The van der Waals surface area contributed by atoms with Crippen LogP contribution in [0.3, 0.4) is 0 Å². The molecule has 46 valence electrons. The highest BCUT2D eigenvalue weighted by molar-refractivity contribution is 6.27. The summed E-state index contributed by atoms with van der Waals surface area (Å²) < 4.78 is 0. The van der Waals surface area contributed by atoms with Gasteiger partial charge in [-0.05, 0) is 0 Å². The molecule has 5 heteroatoms. The standard InChI is InChI=1S/C3H4ClNO3/c4-1-3(6)2-5(7)8/h1-2H2. The molecule has 4 nitrogen and oxygen atoms in total. The first kappa shape index (κ1) is 7.36. The molecule has 0 bridgehead atoms. The number of nitrogens with zero attached hydrogens (tertiary/aromatic N) is 1. The zero-order chi connectivity index (χ0) is 6.57. The molecule has 0 unspecified atom stereocenters. The van der Waals surface area contributed by atoms with E-state index in [1.54, 1.807) is 0 Å². The third-order valence-electron chi connectivity index (χ3n) is 0.454. The Morgan fingerprint density at radius 3 is 2.38 bits per heavy atom. The molecule has 8 heavy (non-hydrogen) atoms. The fourth-order valence-corrected chi connectivity index (χ4v) is 0.271. The van der Waals surface area contributed by atoms with Gasteiger partial charge in [-0.2, -0.15) is 0 Å². The molecule has 0 aromatic heterocycles. The summed E-state index contributed by atoms with van der Waals surface area (Å²) in [7, 11) is 0. The third-order valence-corrected chi connectivity index (χ3v) is 0.753. The minimum absolute atomic E-state index is 0.277. The molecule has 0 aromatic rings. The average molecular weight is 138 g/mol. The second-order valence-electron chi connectivity index (χ2n) is 1.16. The summed E-state index contributed by atoms with van der Waals surface area (Å²) in [6.07, 6.45) is 0. The van der Waals surface area contributed by atoms with Gasteiger partial charge in [-0.25, -0.2) is 0 Å². The molecule has 0 aliphatic heterocycles. The molecule has 0 aromatic carbocycles. The van der Waals surface area contributed by atoms with E-state index in [1.807, 2.05) is 0 Å². The van der Waals surface area contributed by atoms with Crippen molar-refractivity contribution in [3.63, 3.8) is 0 Å². The molecular formula is C3H4ClNO3. The second-order valence-corrected chi connectivity index (χ2v) is 1.43. The Morgan fingerprint density at radius 2 is 2.25 bits per heavy atom. The Kier molecular flexibility index (Phi) is 3.10. The summed E-state index contributed by atoms with van der Waals surface area (Å²) in [5.41, 5.74) is 0. The van der Waals surface area contributed by atoms with Crippen molar-refractivity contribution in [1.82, 2.24) is 0 Å². The molecule has 0 radical (unpaired) electrons. The summed E-state index contributed by atoms with van der Waals surface area (Å²) in [5.74, 6) is -0.835. The number of carbonyl (C=O) groups excluding carboxylic acids is 1. The van der Waals surface area contributed by atoms with Gasteiger partial charge in [0.2, 0.25) is 5.78 Å². The zero-order valence-electron chi connectivity index (χ0n) is 3.96. The van der Waals surface area contributed by atoms with Crippen LogP contribution >= 0.6 is 11.6 Å². The highest BCUT2D eigenvalue weighted by Crippen LogP contribution is 1.78. The Labute approximate surface area is 50.6 Å². The second kappa shape index (κ2) is 3.37. The number of alkyl halides is 1. The van der Waals surface area contributed by atoms with E-state index in [0.717, 1.165) is 0 Å². The van der Waals surface area contributed by atoms with Gasteiger partial charge in [0.25, 0.3) is 6.54 Å². The summed E-state index contributed by atoms with van der Waals surface area (Å²) in [4.78, 5) is 18.8. The lowest BCUT2D eigenvalue weighted by molar-refractivity contribution is -0.467. The van der Waals surface area contributed by atoms with E-state index in [-0.39, 0.29) is 5.88 Å². The van der Waals surface area contributed by atoms with Gasteiger partial charge in [0.05, 0.1) is 5.88 Å². The predicted octanol–water partition coefficient (Wildman–Crippen LogP) is 0.0710. The SMILES string of the molecule is O=C(CCl)C[N+](=O)[O-]. The number of hydrogen-bond donors (Lipinski definition) is 0. The van der Waals surface area contributed by atoms with Gasteiger partial charge in [0, 0.05) is 4.92 Å². The number of Topliss-reactive ketones (excluding diaryl/α,β-unsaturated/α-hetero) is 1. The van der Waals surface area contributed by atoms with Crippen LogP contribution in [0.4, 0.5) is 0 Å². The van der Waals surface area contributed by atoms with Gasteiger partial charge in [0.1, 0.15) is 0 Å². The van der Waals surface area contributed by atoms with E-state index >= 15 is 0 Å². The summed E-state index contributed by atoms with van der Waals surface area (Å²) >= 11 is 4.94. The minimum atomic E-state index is -0.704. The van der Waals surface area contributed by atoms with Crippen molar-refractivity contribution in [3.8, 4) is 0 Å². The maximum absolute atomic E-state index is 10.0. The predicted molar refractivity (Wildman–Crippen MR) is 27.6 cm³/mol. The van der Waals surface area contributed by atoms with Crippen LogP contribution in [-0.2, 0) is 4.79 Å². The van der Waals surface area contributed by atoms with Crippen LogP contribution in [0.2, 0.25) is 0 Å². The molecule has 0 aliphatic carbocycles. The molecule has 0 saturated carbocycles. The number of hydrogen-bond acceptors (Lipinski definition) is 3. The Balaban J connectivity index is 3.40. The first-order chi connectivity index (χ1) is 3.66. The molecule has 0 rings (SSSR count). The normalized spacial score (nSPS) is 8.62. The van der Waals surface area contributed by atoms with Gasteiger partial charge in [-0.1, -0.05) is 0 Å². The van der Waals surface area contributed by atoms with Gasteiger partial charge in [-0.15, -0.1) is 11.6 Å². The molecule has 0 aliphatic rings. The van der Waals surface area contributed by atoms with Gasteiger partial charge in [0.15, 0.2) is 0 Å². The quantitative estimate of drug-likeness (QED) is 0.314. The van der Waals surface area contributed by atoms with Gasteiger partial charge < -0.3 is 0 Å². The maximum atomic E-state index is 10.0. The van der Waals surface area contributed by atoms with Crippen LogP contribution in [-0.4, -0.2) is 23.1 Å². The topological polar surface area (TPSA) is 60.2 Å². The van der Waals surface area contributed by atoms with Crippen LogP contribution in [0.1, 0.15) is 0 Å². The fourth-order valence-electron chi connectivity index (χ4n) is 0.186. The molecule has 0 fully saturated rings. The molecule has 0 atom stereocenters. The number of rotatable bonds is 3. The minimum Gasteiger partial charge on any atom is -0.291 e. The van der Waals surface area contributed by atoms with E-state index in [2.05, 4.69) is 0 Å². The number of nitro groups is 1. The van der Waals surface area contributed by atoms with Gasteiger partial charge in [-0.3, -0.25) is 14.9 Å². The fraction of sp³-hybridized carbons (Fsp3) is 0.667. The highest BCUT2D eigenvalue weighted by atomic mass is 35.5. The summed E-state index contributed by atoms with van der Waals surface area (Å²) in [6, 6.07) is 0. The van der Waals surface area contributed by atoms with Crippen molar-refractivity contribution < 1.29 is 9.72 Å². The number of halogens is 1. The van der Waals surface area contributed by atoms with Crippen LogP contribution in [0, 0.1) is 10.1 Å². The molecule has 0 heterocycles. The van der Waals surface area contributed by atoms with Crippen molar-refractivity contribution in [2.75, 3.05) is 12.4 Å². The molecule has 0 saturated heterocycles.